The lowest BCUT2D eigenvalue weighted by Gasteiger charge is -2.49. The van der Waals surface area contributed by atoms with Gasteiger partial charge >= 0.3 is 0 Å². The Balaban J connectivity index is 1.38. The van der Waals surface area contributed by atoms with Gasteiger partial charge in [0.25, 0.3) is 0 Å². The number of fused-ring (bicyclic) bond motifs is 3. The molecule has 1 unspecified atom stereocenters. The van der Waals surface area contributed by atoms with Crippen molar-refractivity contribution >= 4 is 22.5 Å². The Morgan fingerprint density at radius 1 is 1.21 bits per heavy atom. The molecule has 3 aromatic rings. The fourth-order valence-electron chi connectivity index (χ4n) is 4.64. The van der Waals surface area contributed by atoms with Crippen LogP contribution in [0.5, 0.6) is 5.75 Å². The lowest BCUT2D eigenvalue weighted by atomic mass is 9.76. The minimum absolute atomic E-state index is 0.117. The first-order valence-corrected chi connectivity index (χ1v) is 10.9. The van der Waals surface area contributed by atoms with Crippen molar-refractivity contribution in [2.45, 2.75) is 60.6 Å². The molecule has 5 rings (SSSR count). The van der Waals surface area contributed by atoms with Gasteiger partial charge in [-0.25, -0.2) is 9.37 Å². The highest BCUT2D eigenvalue weighted by Crippen LogP contribution is 2.42. The van der Waals surface area contributed by atoms with E-state index in [1.165, 1.54) is 11.8 Å². The average molecular weight is 411 g/mol. The maximum Gasteiger partial charge on any atom is 0.130 e. The highest BCUT2D eigenvalue weighted by Gasteiger charge is 2.48. The molecule has 4 heterocycles. The van der Waals surface area contributed by atoms with Gasteiger partial charge in [0.1, 0.15) is 16.9 Å². The first-order valence-electron chi connectivity index (χ1n) is 9.99. The van der Waals surface area contributed by atoms with Gasteiger partial charge in [0.2, 0.25) is 0 Å². The number of pyridine rings is 1. The summed E-state index contributed by atoms with van der Waals surface area (Å²) in [5.74, 6) is 0.142. The topological polar surface area (TPSA) is 70.9 Å². The number of nitrogens with one attached hydrogen (secondary N) is 1. The molecule has 2 fully saturated rings. The molecule has 29 heavy (non-hydrogen) atoms. The smallest absolute Gasteiger partial charge is 0.130 e. The number of hydrogen-bond acceptors (Lipinski definition) is 6. The van der Waals surface area contributed by atoms with E-state index in [0.717, 1.165) is 41.5 Å². The average Bonchev–Trinajstić information content (AvgIpc) is 2.72. The van der Waals surface area contributed by atoms with Crippen LogP contribution in [0.2, 0.25) is 0 Å². The normalized spacial score (nSPS) is 29.1. The summed E-state index contributed by atoms with van der Waals surface area (Å²) in [6.45, 7) is 2.00. The van der Waals surface area contributed by atoms with Crippen LogP contribution < -0.4 is 5.32 Å². The van der Waals surface area contributed by atoms with Crippen molar-refractivity contribution in [3.63, 3.8) is 0 Å². The highest BCUT2D eigenvalue weighted by atomic mass is 32.2. The Morgan fingerprint density at radius 2 is 2.10 bits per heavy atom. The Labute approximate surface area is 173 Å². The molecule has 2 saturated heterocycles. The van der Waals surface area contributed by atoms with Crippen molar-refractivity contribution in [3.05, 3.63) is 43.0 Å². The molecule has 2 aliphatic rings. The fraction of sp³-hybridized carbons (Fsp3) is 0.409. The lowest BCUT2D eigenvalue weighted by Crippen LogP contribution is -2.64. The molecule has 0 radical (unpaired) electrons. The second kappa shape index (κ2) is 7.22. The molecule has 0 spiro atoms. The number of thioether (sulfide) groups is 1. The lowest BCUT2D eigenvalue weighted by molar-refractivity contribution is 0.0642. The Bertz CT molecular complexity index is 1050. The van der Waals surface area contributed by atoms with E-state index in [0.29, 0.717) is 17.3 Å². The molecule has 0 amide bonds. The van der Waals surface area contributed by atoms with Crippen LogP contribution in [0.15, 0.2) is 48.0 Å². The molecule has 0 saturated carbocycles. The number of alkyl halides is 1. The first-order chi connectivity index (χ1) is 14.0. The zero-order chi connectivity index (χ0) is 20.0. The van der Waals surface area contributed by atoms with Crippen molar-refractivity contribution < 1.29 is 9.50 Å². The Hall–Kier alpha value is -2.25. The molecule has 150 valence electrons. The van der Waals surface area contributed by atoms with Gasteiger partial charge in [-0.05, 0) is 56.2 Å². The van der Waals surface area contributed by atoms with Crippen LogP contribution in [0.1, 0.15) is 32.6 Å². The molecule has 2 aliphatic heterocycles. The summed E-state index contributed by atoms with van der Waals surface area (Å²) < 4.78 is 15.2. The summed E-state index contributed by atoms with van der Waals surface area (Å²) in [6, 6.07) is 5.85. The number of rotatable bonds is 3. The molecule has 7 heteroatoms. The van der Waals surface area contributed by atoms with Gasteiger partial charge in [0.15, 0.2) is 0 Å². The number of aromatic hydroxyl groups is 1. The van der Waals surface area contributed by atoms with E-state index in [9.17, 15) is 5.11 Å². The molecule has 4 atom stereocenters. The number of phenolic OH excluding ortho intramolecular Hbond substituents is 1. The zero-order valence-electron chi connectivity index (χ0n) is 16.2. The zero-order valence-corrected chi connectivity index (χ0v) is 17.0. The van der Waals surface area contributed by atoms with Gasteiger partial charge in [-0.3, -0.25) is 9.97 Å². The number of hydrogen-bond donors (Lipinski definition) is 2. The quantitative estimate of drug-likeness (QED) is 0.662. The predicted octanol–water partition coefficient (Wildman–Crippen LogP) is 4.50. The third-order valence-corrected chi connectivity index (χ3v) is 7.35. The van der Waals surface area contributed by atoms with Crippen molar-refractivity contribution in [2.24, 2.45) is 0 Å². The molecule has 2 aromatic heterocycles. The minimum Gasteiger partial charge on any atom is -0.507 e. The molecule has 5 nitrogen and oxygen atoms in total. The van der Waals surface area contributed by atoms with Crippen molar-refractivity contribution in [1.82, 2.24) is 20.3 Å². The van der Waals surface area contributed by atoms with Crippen molar-refractivity contribution in [3.8, 4) is 17.0 Å². The Morgan fingerprint density at radius 3 is 2.93 bits per heavy atom. The van der Waals surface area contributed by atoms with Gasteiger partial charge in [-0.2, -0.15) is 0 Å². The van der Waals surface area contributed by atoms with Crippen LogP contribution in [0, 0.1) is 0 Å². The third kappa shape index (κ3) is 3.46. The largest absolute Gasteiger partial charge is 0.507 e. The van der Waals surface area contributed by atoms with Gasteiger partial charge in [0.05, 0.1) is 18.1 Å². The Kier molecular flexibility index (Phi) is 4.67. The van der Waals surface area contributed by atoms with E-state index in [2.05, 4.69) is 20.3 Å². The van der Waals surface area contributed by atoms with Crippen molar-refractivity contribution in [2.75, 3.05) is 0 Å². The number of benzene rings is 1. The van der Waals surface area contributed by atoms with Crippen LogP contribution in [0.25, 0.3) is 22.0 Å². The summed E-state index contributed by atoms with van der Waals surface area (Å²) in [5, 5.41) is 16.3. The van der Waals surface area contributed by atoms with Crippen LogP contribution in [0.3, 0.4) is 0 Å². The summed E-state index contributed by atoms with van der Waals surface area (Å²) in [5.41, 5.74) is 0.786. The number of piperidine rings is 2. The predicted molar refractivity (Wildman–Crippen MR) is 113 cm³/mol. The van der Waals surface area contributed by atoms with E-state index >= 15 is 4.39 Å². The monoisotopic (exact) mass is 410 g/mol. The van der Waals surface area contributed by atoms with E-state index < -0.39 is 11.7 Å². The summed E-state index contributed by atoms with van der Waals surface area (Å²) >= 11 is 1.48. The number of phenols is 1. The fourth-order valence-corrected chi connectivity index (χ4v) is 5.92. The van der Waals surface area contributed by atoms with Crippen molar-refractivity contribution in [1.29, 1.82) is 0 Å². The SMILES string of the molecule is C[C@]12CCCC(C[C@@H](Sc3cnc(-c4cc5ccncc5cc4O)cn3)[C@@H]1F)N2. The van der Waals surface area contributed by atoms with Crippen LogP contribution >= 0.6 is 11.8 Å². The van der Waals surface area contributed by atoms with E-state index in [-0.39, 0.29) is 11.0 Å². The minimum atomic E-state index is -0.913. The van der Waals surface area contributed by atoms with E-state index in [4.69, 9.17) is 0 Å². The standard InChI is InChI=1S/C22H23FN4OS/c1-22-5-2-3-15(27-22)9-19(21(22)23)29-20-12-25-17(11-26-20)16-7-13-4-6-24-10-14(13)8-18(16)28/h4,6-8,10-12,15,19,21,27-28H,2-3,5,9H2,1H3/t15?,19-,21+,22+/m1/s1. The molecular weight excluding hydrogens is 387 g/mol. The van der Waals surface area contributed by atoms with E-state index in [1.807, 2.05) is 19.1 Å². The second-order valence-corrected chi connectivity index (χ2v) is 9.54. The number of aromatic nitrogens is 3. The summed E-state index contributed by atoms with van der Waals surface area (Å²) in [4.78, 5) is 13.1. The molecule has 2 bridgehead atoms. The number of nitrogens with zero attached hydrogens (tertiary/aromatic N) is 3. The van der Waals surface area contributed by atoms with Crippen LogP contribution in [-0.2, 0) is 0 Å². The summed E-state index contributed by atoms with van der Waals surface area (Å²) in [7, 11) is 0. The summed E-state index contributed by atoms with van der Waals surface area (Å²) in [6.07, 6.45) is 9.75. The molecule has 0 aliphatic carbocycles. The first kappa shape index (κ1) is 18.8. The molecular formula is C22H23FN4OS. The maximum absolute atomic E-state index is 15.2. The molecule has 1 aromatic carbocycles. The van der Waals surface area contributed by atoms with E-state index in [1.54, 1.807) is 30.9 Å². The van der Waals surface area contributed by atoms with Gasteiger partial charge in [0, 0.05) is 40.2 Å². The number of halogens is 1. The third-order valence-electron chi connectivity index (χ3n) is 6.17. The van der Waals surface area contributed by atoms with Gasteiger partial charge in [-0.1, -0.05) is 11.8 Å². The van der Waals surface area contributed by atoms with Gasteiger partial charge < -0.3 is 10.4 Å². The van der Waals surface area contributed by atoms with Crippen LogP contribution in [0.4, 0.5) is 4.39 Å². The van der Waals surface area contributed by atoms with Crippen LogP contribution in [-0.4, -0.2) is 43.1 Å². The molecule has 2 N–H and O–H groups in total. The van der Waals surface area contributed by atoms with Gasteiger partial charge in [-0.15, -0.1) is 0 Å². The maximum atomic E-state index is 15.2. The highest BCUT2D eigenvalue weighted by molar-refractivity contribution is 7.99. The second-order valence-electron chi connectivity index (χ2n) is 8.28.